The lowest BCUT2D eigenvalue weighted by atomic mass is 9.79. The van der Waals surface area contributed by atoms with Gasteiger partial charge in [-0.3, -0.25) is 4.79 Å². The maximum Gasteiger partial charge on any atom is 0.313 e. The van der Waals surface area contributed by atoms with Gasteiger partial charge in [0.2, 0.25) is 0 Å². The second-order valence-electron chi connectivity index (χ2n) is 7.00. The van der Waals surface area contributed by atoms with E-state index in [1.807, 2.05) is 34.6 Å². The topological polar surface area (TPSA) is 26.3 Å². The van der Waals surface area contributed by atoms with Crippen LogP contribution in [0.5, 0.6) is 0 Å². The molecule has 110 valence electrons. The molecule has 4 unspecified atom stereocenters. The fraction of sp³-hybridized carbons (Fsp3) is 0.722. The third kappa shape index (κ3) is 2.64. The molecule has 2 rings (SSSR count). The van der Waals surface area contributed by atoms with Gasteiger partial charge >= 0.3 is 5.97 Å². The molecule has 0 aromatic carbocycles. The molecule has 2 nitrogen and oxygen atoms in total. The molecule has 0 radical (unpaired) electrons. The van der Waals surface area contributed by atoms with Crippen LogP contribution >= 0.6 is 0 Å². The lowest BCUT2D eigenvalue weighted by molar-refractivity contribution is -0.168. The molecule has 2 heteroatoms. The molecule has 20 heavy (non-hydrogen) atoms. The van der Waals surface area contributed by atoms with Gasteiger partial charge in [0, 0.05) is 5.92 Å². The normalized spacial score (nSPS) is 30.6. The van der Waals surface area contributed by atoms with Gasteiger partial charge in [0.15, 0.2) is 5.60 Å². The number of esters is 1. The van der Waals surface area contributed by atoms with Crippen LogP contribution in [0.2, 0.25) is 0 Å². The molecule has 4 atom stereocenters. The summed E-state index contributed by atoms with van der Waals surface area (Å²) in [6.07, 6.45) is 7.65. The maximum absolute atomic E-state index is 12.4. The van der Waals surface area contributed by atoms with Crippen LogP contribution in [-0.4, -0.2) is 11.6 Å². The van der Waals surface area contributed by atoms with Crippen molar-refractivity contribution in [1.29, 1.82) is 0 Å². The molecular formula is C18H26O2. The van der Waals surface area contributed by atoms with Gasteiger partial charge in [-0.05, 0) is 58.8 Å². The van der Waals surface area contributed by atoms with Crippen LogP contribution < -0.4 is 0 Å². The van der Waals surface area contributed by atoms with Crippen LogP contribution in [0.1, 0.15) is 53.9 Å². The summed E-state index contributed by atoms with van der Waals surface area (Å²) in [4.78, 5) is 12.4. The number of carbonyl (C=O) groups is 1. The molecule has 0 aromatic heterocycles. The smallest absolute Gasteiger partial charge is 0.313 e. The Morgan fingerprint density at radius 1 is 1.30 bits per heavy atom. The van der Waals surface area contributed by atoms with Crippen molar-refractivity contribution < 1.29 is 9.53 Å². The third-order valence-electron chi connectivity index (χ3n) is 5.10. The van der Waals surface area contributed by atoms with E-state index >= 15 is 0 Å². The van der Waals surface area contributed by atoms with Gasteiger partial charge in [0.1, 0.15) is 0 Å². The van der Waals surface area contributed by atoms with Crippen molar-refractivity contribution >= 4 is 5.97 Å². The second kappa shape index (κ2) is 5.28. The number of rotatable bonds is 4. The Bertz CT molecular complexity index is 477. The lowest BCUT2D eigenvalue weighted by Gasteiger charge is -2.36. The third-order valence-corrected chi connectivity index (χ3v) is 5.10. The highest BCUT2D eigenvalue weighted by Crippen LogP contribution is 2.49. The van der Waals surface area contributed by atoms with E-state index < -0.39 is 11.0 Å². The summed E-state index contributed by atoms with van der Waals surface area (Å²) >= 11 is 0. The highest BCUT2D eigenvalue weighted by Gasteiger charge is 2.49. The summed E-state index contributed by atoms with van der Waals surface area (Å²) in [5.41, 5.74) is -1.09. The van der Waals surface area contributed by atoms with Crippen molar-refractivity contribution in [3.8, 4) is 11.8 Å². The van der Waals surface area contributed by atoms with Crippen LogP contribution in [-0.2, 0) is 9.53 Å². The molecule has 1 fully saturated rings. The van der Waals surface area contributed by atoms with Crippen molar-refractivity contribution in [2.24, 2.45) is 23.2 Å². The molecule has 2 bridgehead atoms. The Kier molecular flexibility index (Phi) is 4.00. The molecule has 0 N–H and O–H groups in total. The molecule has 2 aliphatic carbocycles. The van der Waals surface area contributed by atoms with Crippen molar-refractivity contribution in [3.63, 3.8) is 0 Å². The SMILES string of the molecule is CC#CC(C)(OC(=O)C(C)(C)CC)C1CC2C=CC1C2. The van der Waals surface area contributed by atoms with E-state index in [-0.39, 0.29) is 5.97 Å². The van der Waals surface area contributed by atoms with Crippen LogP contribution in [0.25, 0.3) is 0 Å². The molecular weight excluding hydrogens is 248 g/mol. The summed E-state index contributed by atoms with van der Waals surface area (Å²) in [7, 11) is 0. The second-order valence-corrected chi connectivity index (χ2v) is 7.00. The average Bonchev–Trinajstić information content (AvgIpc) is 3.01. The van der Waals surface area contributed by atoms with Gasteiger partial charge in [-0.25, -0.2) is 0 Å². The van der Waals surface area contributed by atoms with E-state index in [0.717, 1.165) is 12.8 Å². The average molecular weight is 274 g/mol. The first-order chi connectivity index (χ1) is 9.32. The zero-order chi connectivity index (χ0) is 15.0. The monoisotopic (exact) mass is 274 g/mol. The highest BCUT2D eigenvalue weighted by atomic mass is 16.6. The van der Waals surface area contributed by atoms with Crippen LogP contribution in [0, 0.1) is 35.0 Å². The summed E-state index contributed by atoms with van der Waals surface area (Å²) in [6.45, 7) is 9.71. The first-order valence-corrected chi connectivity index (χ1v) is 7.68. The zero-order valence-corrected chi connectivity index (χ0v) is 13.3. The quantitative estimate of drug-likeness (QED) is 0.440. The molecule has 1 saturated carbocycles. The Balaban J connectivity index is 2.20. The molecule has 0 aromatic rings. The Morgan fingerprint density at radius 3 is 2.45 bits per heavy atom. The molecule has 0 saturated heterocycles. The van der Waals surface area contributed by atoms with E-state index in [2.05, 4.69) is 24.0 Å². The lowest BCUT2D eigenvalue weighted by Crippen LogP contribution is -2.43. The number of allylic oxidation sites excluding steroid dienone is 2. The molecule has 0 heterocycles. The summed E-state index contributed by atoms with van der Waals surface area (Å²) in [6, 6.07) is 0. The van der Waals surface area contributed by atoms with E-state index in [9.17, 15) is 4.79 Å². The summed E-state index contributed by atoms with van der Waals surface area (Å²) in [5, 5.41) is 0. The Hall–Kier alpha value is -1.23. The van der Waals surface area contributed by atoms with E-state index in [4.69, 9.17) is 4.74 Å². The highest BCUT2D eigenvalue weighted by molar-refractivity contribution is 5.76. The summed E-state index contributed by atoms with van der Waals surface area (Å²) in [5.74, 6) is 7.53. The number of fused-ring (bicyclic) bond motifs is 2. The van der Waals surface area contributed by atoms with Crippen LogP contribution in [0.3, 0.4) is 0 Å². The van der Waals surface area contributed by atoms with Crippen molar-refractivity contribution in [2.75, 3.05) is 0 Å². The van der Waals surface area contributed by atoms with Gasteiger partial charge < -0.3 is 4.74 Å². The molecule has 2 aliphatic rings. The molecule has 0 amide bonds. The zero-order valence-electron chi connectivity index (χ0n) is 13.3. The molecule has 0 aliphatic heterocycles. The minimum Gasteiger partial charge on any atom is -0.445 e. The molecule has 0 spiro atoms. The number of hydrogen-bond acceptors (Lipinski definition) is 2. The number of hydrogen-bond donors (Lipinski definition) is 0. The van der Waals surface area contributed by atoms with Gasteiger partial charge in [0.25, 0.3) is 0 Å². The minimum atomic E-state index is -0.650. The first-order valence-electron chi connectivity index (χ1n) is 7.68. The van der Waals surface area contributed by atoms with Crippen molar-refractivity contribution in [2.45, 2.75) is 59.5 Å². The minimum absolute atomic E-state index is 0.128. The first kappa shape index (κ1) is 15.2. The van der Waals surface area contributed by atoms with E-state index in [0.29, 0.717) is 17.8 Å². The summed E-state index contributed by atoms with van der Waals surface area (Å²) < 4.78 is 5.92. The predicted molar refractivity (Wildman–Crippen MR) is 80.9 cm³/mol. The predicted octanol–water partition coefficient (Wildman–Crippen LogP) is 3.96. The fourth-order valence-corrected chi connectivity index (χ4v) is 3.33. The van der Waals surface area contributed by atoms with Crippen LogP contribution in [0.4, 0.5) is 0 Å². The van der Waals surface area contributed by atoms with Gasteiger partial charge in [-0.15, -0.1) is 5.92 Å². The Morgan fingerprint density at radius 2 is 2.00 bits per heavy atom. The van der Waals surface area contributed by atoms with Crippen LogP contribution in [0.15, 0.2) is 12.2 Å². The Labute approximate surface area is 123 Å². The number of carbonyl (C=O) groups excluding carboxylic acids is 1. The number of ether oxygens (including phenoxy) is 1. The van der Waals surface area contributed by atoms with Gasteiger partial charge in [-0.2, -0.15) is 0 Å². The van der Waals surface area contributed by atoms with Gasteiger partial charge in [0.05, 0.1) is 5.41 Å². The standard InChI is InChI=1S/C18H26O2/c1-6-10-18(5,20-16(19)17(3,4)7-2)15-12-13-8-9-14(15)11-13/h8-9,13-15H,7,11-12H2,1-5H3. The fourth-order valence-electron chi connectivity index (χ4n) is 3.33. The van der Waals surface area contributed by atoms with Gasteiger partial charge in [-0.1, -0.05) is 25.0 Å². The van der Waals surface area contributed by atoms with E-state index in [1.54, 1.807) is 0 Å². The van der Waals surface area contributed by atoms with Crippen molar-refractivity contribution in [1.82, 2.24) is 0 Å². The maximum atomic E-state index is 12.4. The largest absolute Gasteiger partial charge is 0.445 e. The van der Waals surface area contributed by atoms with Crippen molar-refractivity contribution in [3.05, 3.63) is 12.2 Å². The van der Waals surface area contributed by atoms with E-state index in [1.165, 1.54) is 6.42 Å².